The number of benzene rings is 1. The summed E-state index contributed by atoms with van der Waals surface area (Å²) in [5, 5.41) is 9.61. The Labute approximate surface area is 80.4 Å². The lowest BCUT2D eigenvalue weighted by molar-refractivity contribution is 0.129. The minimum atomic E-state index is -1.01. The molecule has 14 heavy (non-hydrogen) atoms. The second-order valence-corrected chi connectivity index (χ2v) is 3.61. The number of rotatable bonds is 0. The second-order valence-electron chi connectivity index (χ2n) is 3.61. The SMILES string of the molecule is N[C@@H]1CCc2cc(F)cc(F)c2[C@H]1O. The highest BCUT2D eigenvalue weighted by atomic mass is 19.1. The topological polar surface area (TPSA) is 46.2 Å². The van der Waals surface area contributed by atoms with Crippen LogP contribution in [-0.2, 0) is 6.42 Å². The molecule has 4 heteroatoms. The first kappa shape index (κ1) is 9.55. The van der Waals surface area contributed by atoms with Crippen LogP contribution in [0.2, 0.25) is 0 Å². The van der Waals surface area contributed by atoms with Gasteiger partial charge in [-0.15, -0.1) is 0 Å². The number of hydrogen-bond acceptors (Lipinski definition) is 2. The molecular formula is C10H11F2NO. The first-order valence-electron chi connectivity index (χ1n) is 4.51. The summed E-state index contributed by atoms with van der Waals surface area (Å²) in [6, 6.07) is 1.58. The Morgan fingerprint density at radius 2 is 2.07 bits per heavy atom. The van der Waals surface area contributed by atoms with Crippen LogP contribution < -0.4 is 5.73 Å². The summed E-state index contributed by atoms with van der Waals surface area (Å²) in [4.78, 5) is 0. The molecule has 2 atom stereocenters. The molecule has 1 aromatic carbocycles. The third kappa shape index (κ3) is 1.40. The van der Waals surface area contributed by atoms with Crippen molar-refractivity contribution < 1.29 is 13.9 Å². The summed E-state index contributed by atoms with van der Waals surface area (Å²) in [7, 11) is 0. The summed E-state index contributed by atoms with van der Waals surface area (Å²) in [6.07, 6.45) is 0.0543. The summed E-state index contributed by atoms with van der Waals surface area (Å²) in [5.74, 6) is -1.31. The first-order valence-corrected chi connectivity index (χ1v) is 4.51. The first-order chi connectivity index (χ1) is 6.59. The van der Waals surface area contributed by atoms with Gasteiger partial charge < -0.3 is 10.8 Å². The molecular weight excluding hydrogens is 188 g/mol. The van der Waals surface area contributed by atoms with Gasteiger partial charge in [-0.3, -0.25) is 0 Å². The Kier molecular flexibility index (Phi) is 2.25. The quantitative estimate of drug-likeness (QED) is 0.661. The normalized spacial score (nSPS) is 26.0. The average Bonchev–Trinajstić information content (AvgIpc) is 2.10. The Bertz CT molecular complexity index is 367. The van der Waals surface area contributed by atoms with Gasteiger partial charge in [0.25, 0.3) is 0 Å². The molecule has 0 fully saturated rings. The lowest BCUT2D eigenvalue weighted by Crippen LogP contribution is -2.33. The van der Waals surface area contributed by atoms with E-state index in [0.29, 0.717) is 18.4 Å². The number of fused-ring (bicyclic) bond motifs is 1. The predicted octanol–water partition coefficient (Wildman–Crippen LogP) is 1.27. The molecule has 0 unspecified atom stereocenters. The monoisotopic (exact) mass is 199 g/mol. The van der Waals surface area contributed by atoms with Crippen LogP contribution in [0, 0.1) is 11.6 Å². The molecule has 0 amide bonds. The van der Waals surface area contributed by atoms with Crippen LogP contribution in [0.3, 0.4) is 0 Å². The zero-order valence-electron chi connectivity index (χ0n) is 7.50. The van der Waals surface area contributed by atoms with E-state index in [1.165, 1.54) is 6.07 Å². The van der Waals surface area contributed by atoms with Crippen molar-refractivity contribution >= 4 is 0 Å². The van der Waals surface area contributed by atoms with Crippen LogP contribution >= 0.6 is 0 Å². The fraction of sp³-hybridized carbons (Fsp3) is 0.400. The Morgan fingerprint density at radius 3 is 2.79 bits per heavy atom. The average molecular weight is 199 g/mol. The van der Waals surface area contributed by atoms with Gasteiger partial charge in [-0.1, -0.05) is 0 Å². The fourth-order valence-corrected chi connectivity index (χ4v) is 1.87. The molecule has 1 aliphatic carbocycles. The fourth-order valence-electron chi connectivity index (χ4n) is 1.87. The molecule has 1 aliphatic rings. The van der Waals surface area contributed by atoms with Crippen LogP contribution in [-0.4, -0.2) is 11.1 Å². The molecule has 2 rings (SSSR count). The van der Waals surface area contributed by atoms with Crippen molar-refractivity contribution in [3.8, 4) is 0 Å². The molecule has 0 saturated heterocycles. The van der Waals surface area contributed by atoms with Gasteiger partial charge in [0.15, 0.2) is 0 Å². The number of hydrogen-bond donors (Lipinski definition) is 2. The number of nitrogens with two attached hydrogens (primary N) is 1. The molecule has 0 radical (unpaired) electrons. The van der Waals surface area contributed by atoms with Crippen molar-refractivity contribution in [1.29, 1.82) is 0 Å². The molecule has 0 heterocycles. The standard InChI is InChI=1S/C10H11F2NO/c11-6-3-5-1-2-8(13)10(14)9(5)7(12)4-6/h3-4,8,10,14H,1-2,13H2/t8-,10+/m1/s1. The molecule has 0 saturated carbocycles. The molecule has 0 aromatic heterocycles. The van der Waals surface area contributed by atoms with Crippen molar-refractivity contribution in [3.63, 3.8) is 0 Å². The zero-order chi connectivity index (χ0) is 10.3. The van der Waals surface area contributed by atoms with Gasteiger partial charge in [-0.25, -0.2) is 8.78 Å². The van der Waals surface area contributed by atoms with E-state index < -0.39 is 23.8 Å². The summed E-state index contributed by atoms with van der Waals surface area (Å²) >= 11 is 0. The van der Waals surface area contributed by atoms with Crippen molar-refractivity contribution in [2.45, 2.75) is 25.0 Å². The summed E-state index contributed by atoms with van der Waals surface area (Å²) in [6.45, 7) is 0. The van der Waals surface area contributed by atoms with Gasteiger partial charge in [0.05, 0.1) is 6.10 Å². The Balaban J connectivity index is 2.54. The van der Waals surface area contributed by atoms with E-state index in [-0.39, 0.29) is 5.56 Å². The number of aliphatic hydroxyl groups is 1. The third-order valence-electron chi connectivity index (χ3n) is 2.63. The molecule has 0 aliphatic heterocycles. The van der Waals surface area contributed by atoms with E-state index in [9.17, 15) is 13.9 Å². The van der Waals surface area contributed by atoms with Gasteiger partial charge in [0.2, 0.25) is 0 Å². The van der Waals surface area contributed by atoms with E-state index in [1.807, 2.05) is 0 Å². The lowest BCUT2D eigenvalue weighted by atomic mass is 9.86. The van der Waals surface area contributed by atoms with Crippen LogP contribution in [0.15, 0.2) is 12.1 Å². The maximum absolute atomic E-state index is 13.3. The van der Waals surface area contributed by atoms with E-state index in [0.717, 1.165) is 6.07 Å². The summed E-state index contributed by atoms with van der Waals surface area (Å²) < 4.78 is 26.1. The largest absolute Gasteiger partial charge is 0.387 e. The second kappa shape index (κ2) is 3.29. The zero-order valence-corrected chi connectivity index (χ0v) is 7.50. The van der Waals surface area contributed by atoms with Gasteiger partial charge in [-0.05, 0) is 24.5 Å². The van der Waals surface area contributed by atoms with Gasteiger partial charge in [-0.2, -0.15) is 0 Å². The van der Waals surface area contributed by atoms with E-state index in [2.05, 4.69) is 0 Å². The lowest BCUT2D eigenvalue weighted by Gasteiger charge is -2.27. The maximum atomic E-state index is 13.3. The van der Waals surface area contributed by atoms with E-state index >= 15 is 0 Å². The van der Waals surface area contributed by atoms with Gasteiger partial charge in [0, 0.05) is 17.7 Å². The third-order valence-corrected chi connectivity index (χ3v) is 2.63. The van der Waals surface area contributed by atoms with Crippen LogP contribution in [0.4, 0.5) is 8.78 Å². The molecule has 2 nitrogen and oxygen atoms in total. The van der Waals surface area contributed by atoms with Crippen molar-refractivity contribution in [3.05, 3.63) is 34.9 Å². The predicted molar refractivity (Wildman–Crippen MR) is 47.6 cm³/mol. The number of halogens is 2. The maximum Gasteiger partial charge on any atom is 0.132 e. The minimum Gasteiger partial charge on any atom is -0.387 e. The number of aryl methyl sites for hydroxylation is 1. The van der Waals surface area contributed by atoms with E-state index in [1.54, 1.807) is 0 Å². The van der Waals surface area contributed by atoms with Crippen LogP contribution in [0.25, 0.3) is 0 Å². The number of aliphatic hydroxyl groups excluding tert-OH is 1. The van der Waals surface area contributed by atoms with Crippen molar-refractivity contribution in [1.82, 2.24) is 0 Å². The summed E-state index contributed by atoms with van der Waals surface area (Å²) in [5.41, 5.74) is 6.27. The smallest absolute Gasteiger partial charge is 0.132 e. The molecule has 76 valence electrons. The Hall–Kier alpha value is -1.00. The van der Waals surface area contributed by atoms with Gasteiger partial charge >= 0.3 is 0 Å². The van der Waals surface area contributed by atoms with Crippen LogP contribution in [0.5, 0.6) is 0 Å². The molecule has 3 N–H and O–H groups in total. The van der Waals surface area contributed by atoms with Gasteiger partial charge in [0.1, 0.15) is 11.6 Å². The van der Waals surface area contributed by atoms with Crippen molar-refractivity contribution in [2.75, 3.05) is 0 Å². The highest BCUT2D eigenvalue weighted by Crippen LogP contribution is 2.31. The minimum absolute atomic E-state index is 0.158. The van der Waals surface area contributed by atoms with E-state index in [4.69, 9.17) is 5.73 Å². The molecule has 1 aromatic rings. The Morgan fingerprint density at radius 1 is 1.36 bits per heavy atom. The van der Waals surface area contributed by atoms with Crippen molar-refractivity contribution in [2.24, 2.45) is 5.73 Å². The highest BCUT2D eigenvalue weighted by molar-refractivity contribution is 5.34. The molecule has 0 spiro atoms. The molecule has 0 bridgehead atoms. The van der Waals surface area contributed by atoms with Crippen LogP contribution in [0.1, 0.15) is 23.7 Å². The highest BCUT2D eigenvalue weighted by Gasteiger charge is 2.28.